The third kappa shape index (κ3) is 3.50. The van der Waals surface area contributed by atoms with Crippen LogP contribution in [0.4, 0.5) is 5.69 Å². The van der Waals surface area contributed by atoms with Gasteiger partial charge >= 0.3 is 5.97 Å². The number of nitrogens with one attached hydrogen (secondary N) is 1. The van der Waals surface area contributed by atoms with E-state index in [9.17, 15) is 4.79 Å². The van der Waals surface area contributed by atoms with E-state index in [-0.39, 0.29) is 0 Å². The molecule has 0 atom stereocenters. The van der Waals surface area contributed by atoms with Gasteiger partial charge in [-0.2, -0.15) is 0 Å². The Balaban J connectivity index is 2.58. The fraction of sp³-hybridized carbons (Fsp3) is 0.500. The zero-order valence-corrected chi connectivity index (χ0v) is 10.9. The highest BCUT2D eigenvalue weighted by atomic mass is 79.9. The maximum atomic E-state index is 10.9. The zero-order chi connectivity index (χ0) is 11.3. The molecule has 0 aliphatic carbocycles. The predicted octanol–water partition coefficient (Wildman–Crippen LogP) is 3.81. The lowest BCUT2D eigenvalue weighted by atomic mass is 10.2. The van der Waals surface area contributed by atoms with E-state index in [1.165, 1.54) is 11.3 Å². The van der Waals surface area contributed by atoms with Gasteiger partial charge < -0.3 is 10.4 Å². The van der Waals surface area contributed by atoms with Crippen molar-refractivity contribution in [3.63, 3.8) is 0 Å². The molecule has 1 rings (SSSR count). The largest absolute Gasteiger partial charge is 0.477 e. The summed E-state index contributed by atoms with van der Waals surface area (Å²) in [6.07, 6.45) is 3.40. The molecule has 1 heterocycles. The van der Waals surface area contributed by atoms with E-state index in [4.69, 9.17) is 5.11 Å². The van der Waals surface area contributed by atoms with Gasteiger partial charge in [0.25, 0.3) is 0 Å². The van der Waals surface area contributed by atoms with Crippen LogP contribution in [0.15, 0.2) is 9.85 Å². The number of hydrogen-bond acceptors (Lipinski definition) is 3. The van der Waals surface area contributed by atoms with Gasteiger partial charge in [0.05, 0.1) is 10.2 Å². The first kappa shape index (κ1) is 12.5. The average Bonchev–Trinajstić information content (AvgIpc) is 2.55. The maximum absolute atomic E-state index is 10.9. The third-order valence-electron chi connectivity index (χ3n) is 2.02. The Hall–Kier alpha value is -0.550. The van der Waals surface area contributed by atoms with Crippen molar-refractivity contribution in [2.75, 3.05) is 11.9 Å². The highest BCUT2D eigenvalue weighted by Crippen LogP contribution is 2.32. The van der Waals surface area contributed by atoms with Crippen LogP contribution in [0, 0.1) is 0 Å². The lowest BCUT2D eigenvalue weighted by Gasteiger charge is -2.05. The van der Waals surface area contributed by atoms with Crippen molar-refractivity contribution in [1.29, 1.82) is 0 Å². The van der Waals surface area contributed by atoms with E-state index in [0.717, 1.165) is 30.3 Å². The number of hydrogen-bond donors (Lipinski definition) is 2. The number of anilines is 1. The van der Waals surface area contributed by atoms with Gasteiger partial charge in [0.2, 0.25) is 0 Å². The third-order valence-corrected chi connectivity index (χ3v) is 3.92. The molecule has 1 aromatic rings. The van der Waals surface area contributed by atoms with Crippen molar-refractivity contribution < 1.29 is 9.90 Å². The number of carbonyl (C=O) groups is 1. The van der Waals surface area contributed by atoms with E-state index >= 15 is 0 Å². The van der Waals surface area contributed by atoms with Crippen LogP contribution in [0.3, 0.4) is 0 Å². The Kier molecular flexibility index (Phi) is 5.11. The topological polar surface area (TPSA) is 49.3 Å². The molecule has 0 unspecified atom stereocenters. The summed E-state index contributed by atoms with van der Waals surface area (Å²) in [7, 11) is 0. The van der Waals surface area contributed by atoms with Crippen molar-refractivity contribution in [2.45, 2.75) is 26.2 Å². The summed E-state index contributed by atoms with van der Waals surface area (Å²) >= 11 is 4.58. The molecule has 0 saturated carbocycles. The Morgan fingerprint density at radius 3 is 2.93 bits per heavy atom. The lowest BCUT2D eigenvalue weighted by Crippen LogP contribution is -2.05. The van der Waals surface area contributed by atoms with Crippen molar-refractivity contribution in [3.05, 3.63) is 14.7 Å². The van der Waals surface area contributed by atoms with Crippen LogP contribution in [0.1, 0.15) is 35.9 Å². The molecule has 0 aliphatic rings. The van der Waals surface area contributed by atoms with E-state index < -0.39 is 5.97 Å². The zero-order valence-electron chi connectivity index (χ0n) is 8.55. The average molecular weight is 292 g/mol. The SMILES string of the molecule is CCCCCNc1c(Br)csc1C(=O)O. The van der Waals surface area contributed by atoms with Gasteiger partial charge in [0, 0.05) is 11.9 Å². The number of halogens is 1. The van der Waals surface area contributed by atoms with Crippen molar-refractivity contribution in [2.24, 2.45) is 0 Å². The minimum absolute atomic E-state index is 0.373. The summed E-state index contributed by atoms with van der Waals surface area (Å²) in [6.45, 7) is 2.96. The Morgan fingerprint density at radius 1 is 1.60 bits per heavy atom. The van der Waals surface area contributed by atoms with Crippen LogP contribution in [0.5, 0.6) is 0 Å². The number of thiophene rings is 1. The summed E-state index contributed by atoms with van der Waals surface area (Å²) in [5.74, 6) is -0.872. The minimum atomic E-state index is -0.872. The fourth-order valence-electron chi connectivity index (χ4n) is 1.25. The molecule has 84 valence electrons. The second-order valence-corrected chi connectivity index (χ2v) is 4.96. The second kappa shape index (κ2) is 6.12. The lowest BCUT2D eigenvalue weighted by molar-refractivity contribution is 0.0703. The highest BCUT2D eigenvalue weighted by molar-refractivity contribution is 9.10. The van der Waals surface area contributed by atoms with Crippen LogP contribution >= 0.6 is 27.3 Å². The van der Waals surface area contributed by atoms with Crippen molar-refractivity contribution in [3.8, 4) is 0 Å². The second-order valence-electron chi connectivity index (χ2n) is 3.23. The number of aromatic carboxylic acids is 1. The van der Waals surface area contributed by atoms with E-state index in [0.29, 0.717) is 10.6 Å². The molecule has 15 heavy (non-hydrogen) atoms. The number of carboxylic acids is 1. The quantitative estimate of drug-likeness (QED) is 0.784. The standard InChI is InChI=1S/C10H14BrNO2S/c1-2-3-4-5-12-8-7(11)6-15-9(8)10(13)14/h6,12H,2-5H2,1H3,(H,13,14). The monoisotopic (exact) mass is 291 g/mol. The van der Waals surface area contributed by atoms with Crippen LogP contribution in [-0.2, 0) is 0 Å². The van der Waals surface area contributed by atoms with Gasteiger partial charge in [0.1, 0.15) is 4.88 Å². The summed E-state index contributed by atoms with van der Waals surface area (Å²) in [6, 6.07) is 0. The van der Waals surface area contributed by atoms with Gasteiger partial charge in [-0.25, -0.2) is 4.79 Å². The molecule has 0 amide bonds. The molecule has 0 saturated heterocycles. The molecule has 3 nitrogen and oxygen atoms in total. The molecular formula is C10H14BrNO2S. The first-order valence-electron chi connectivity index (χ1n) is 4.91. The Labute approximate surface area is 102 Å². The molecule has 0 aliphatic heterocycles. The summed E-state index contributed by atoms with van der Waals surface area (Å²) in [5, 5.41) is 13.9. The highest BCUT2D eigenvalue weighted by Gasteiger charge is 2.15. The molecular weight excluding hydrogens is 278 g/mol. The van der Waals surface area contributed by atoms with Gasteiger partial charge in [-0.05, 0) is 22.4 Å². The smallest absolute Gasteiger partial charge is 0.348 e. The van der Waals surface area contributed by atoms with Gasteiger partial charge in [-0.15, -0.1) is 11.3 Å². The Bertz CT molecular complexity index is 338. The van der Waals surface area contributed by atoms with Crippen LogP contribution < -0.4 is 5.32 Å². The first-order valence-corrected chi connectivity index (χ1v) is 6.58. The van der Waals surface area contributed by atoms with Crippen molar-refractivity contribution in [1.82, 2.24) is 0 Å². The molecule has 1 aromatic heterocycles. The summed E-state index contributed by atoms with van der Waals surface area (Å²) < 4.78 is 0.835. The molecule has 0 spiro atoms. The summed E-state index contributed by atoms with van der Waals surface area (Å²) in [5.41, 5.74) is 0.712. The Morgan fingerprint density at radius 2 is 2.33 bits per heavy atom. The molecule has 5 heteroatoms. The molecule has 2 N–H and O–H groups in total. The minimum Gasteiger partial charge on any atom is -0.477 e. The maximum Gasteiger partial charge on any atom is 0.348 e. The molecule has 0 radical (unpaired) electrons. The van der Waals surface area contributed by atoms with Crippen LogP contribution in [-0.4, -0.2) is 17.6 Å². The van der Waals surface area contributed by atoms with Crippen molar-refractivity contribution >= 4 is 38.9 Å². The van der Waals surface area contributed by atoms with E-state index in [1.807, 2.05) is 0 Å². The summed E-state index contributed by atoms with van der Waals surface area (Å²) in [4.78, 5) is 11.2. The predicted molar refractivity (Wildman–Crippen MR) is 67.0 cm³/mol. The number of rotatable bonds is 6. The van der Waals surface area contributed by atoms with Crippen LogP contribution in [0.2, 0.25) is 0 Å². The van der Waals surface area contributed by atoms with Crippen LogP contribution in [0.25, 0.3) is 0 Å². The number of carboxylic acid groups (broad SMARTS) is 1. The number of unbranched alkanes of at least 4 members (excludes halogenated alkanes) is 2. The van der Waals surface area contributed by atoms with Gasteiger partial charge in [0.15, 0.2) is 0 Å². The molecule has 0 aromatic carbocycles. The fourth-order valence-corrected chi connectivity index (χ4v) is 2.74. The van der Waals surface area contributed by atoms with Gasteiger partial charge in [-0.3, -0.25) is 0 Å². The van der Waals surface area contributed by atoms with E-state index in [1.54, 1.807) is 5.38 Å². The van der Waals surface area contributed by atoms with E-state index in [2.05, 4.69) is 28.2 Å². The molecule has 0 fully saturated rings. The first-order chi connectivity index (χ1) is 7.16. The normalized spacial score (nSPS) is 10.3. The van der Waals surface area contributed by atoms with Gasteiger partial charge in [-0.1, -0.05) is 19.8 Å². The molecule has 0 bridgehead atoms.